The van der Waals surface area contributed by atoms with E-state index in [1.807, 2.05) is 12.1 Å². The molecule has 0 amide bonds. The molecular weight excluding hydrogens is 328 g/mol. The molecule has 0 aliphatic heterocycles. The van der Waals surface area contributed by atoms with Gasteiger partial charge in [-0.3, -0.25) is 4.79 Å². The molecule has 0 saturated carbocycles. The van der Waals surface area contributed by atoms with E-state index in [2.05, 4.69) is 26.8 Å². The Kier molecular flexibility index (Phi) is 6.50. The van der Waals surface area contributed by atoms with Crippen LogP contribution in [0.3, 0.4) is 0 Å². The van der Waals surface area contributed by atoms with Crippen molar-refractivity contribution in [2.45, 2.75) is 33.6 Å². The van der Waals surface area contributed by atoms with Crippen LogP contribution in [0.1, 0.15) is 33.6 Å². The third-order valence-corrected chi connectivity index (χ3v) is 4.29. The second-order valence-electron chi connectivity index (χ2n) is 6.68. The number of ether oxygens (including phenoxy) is 2. The van der Waals surface area contributed by atoms with Crippen molar-refractivity contribution >= 4 is 16.6 Å². The number of aryl methyl sites for hydroxylation is 1. The Bertz CT molecular complexity index is 904. The van der Waals surface area contributed by atoms with E-state index in [4.69, 9.17) is 15.2 Å². The molecule has 26 heavy (non-hydrogen) atoms. The lowest BCUT2D eigenvalue weighted by atomic mass is 10.1. The maximum atomic E-state index is 12.5. The lowest BCUT2D eigenvalue weighted by molar-refractivity contribution is 0.325. The Balaban J connectivity index is 2.30. The molecule has 1 aromatic heterocycles. The van der Waals surface area contributed by atoms with Crippen molar-refractivity contribution in [3.8, 4) is 11.5 Å². The predicted molar refractivity (Wildman–Crippen MR) is 108 cm³/mol. The first kappa shape index (κ1) is 19.6. The zero-order valence-electron chi connectivity index (χ0n) is 16.3. The van der Waals surface area contributed by atoms with Crippen molar-refractivity contribution in [3.05, 3.63) is 51.9 Å². The molecule has 140 valence electrons. The van der Waals surface area contributed by atoms with E-state index in [0.29, 0.717) is 18.0 Å². The first-order chi connectivity index (χ1) is 12.3. The number of anilines is 1. The van der Waals surface area contributed by atoms with E-state index in [0.717, 1.165) is 23.7 Å². The van der Waals surface area contributed by atoms with Crippen LogP contribution in [-0.2, 0) is 7.05 Å². The molecule has 0 saturated heterocycles. The number of allylic oxidation sites excluding steroid dienone is 3. The molecule has 1 aromatic carbocycles. The number of benzene rings is 1. The lowest BCUT2D eigenvalue weighted by Crippen LogP contribution is -2.20. The second kappa shape index (κ2) is 8.61. The number of hydrogen-bond acceptors (Lipinski definition) is 4. The molecule has 0 spiro atoms. The highest BCUT2D eigenvalue weighted by molar-refractivity contribution is 5.90. The third-order valence-electron chi connectivity index (χ3n) is 4.29. The SMILES string of the molecule is COc1c(OCC=C(C)CCC=C(C)C)c2ccc(N)cc2n(C)c1=O. The molecular formula is C21H28N2O3. The average molecular weight is 356 g/mol. The first-order valence-corrected chi connectivity index (χ1v) is 8.73. The number of nitrogen functional groups attached to an aromatic ring is 1. The molecule has 0 aliphatic rings. The summed E-state index contributed by atoms with van der Waals surface area (Å²) in [7, 11) is 3.18. The Morgan fingerprint density at radius 3 is 2.58 bits per heavy atom. The highest BCUT2D eigenvalue weighted by Crippen LogP contribution is 2.33. The van der Waals surface area contributed by atoms with Crippen LogP contribution in [0.5, 0.6) is 11.5 Å². The van der Waals surface area contributed by atoms with Gasteiger partial charge < -0.3 is 19.8 Å². The van der Waals surface area contributed by atoms with E-state index in [9.17, 15) is 4.79 Å². The van der Waals surface area contributed by atoms with Crippen molar-refractivity contribution in [1.82, 2.24) is 4.57 Å². The maximum absolute atomic E-state index is 12.5. The summed E-state index contributed by atoms with van der Waals surface area (Å²) in [5.41, 5.74) is 9.51. The summed E-state index contributed by atoms with van der Waals surface area (Å²) in [6, 6.07) is 5.41. The number of fused-ring (bicyclic) bond motifs is 1. The Hall–Kier alpha value is -2.69. The molecule has 0 fully saturated rings. The number of rotatable bonds is 7. The van der Waals surface area contributed by atoms with Crippen LogP contribution in [0.15, 0.2) is 46.3 Å². The van der Waals surface area contributed by atoms with Gasteiger partial charge in [0, 0.05) is 18.1 Å². The number of pyridine rings is 1. The Labute approximate surface area is 154 Å². The van der Waals surface area contributed by atoms with Gasteiger partial charge in [0.15, 0.2) is 5.75 Å². The molecule has 0 radical (unpaired) electrons. The lowest BCUT2D eigenvalue weighted by Gasteiger charge is -2.15. The molecule has 2 rings (SSSR count). The highest BCUT2D eigenvalue weighted by atomic mass is 16.5. The number of aromatic nitrogens is 1. The van der Waals surface area contributed by atoms with Gasteiger partial charge in [-0.15, -0.1) is 0 Å². The number of nitrogens with two attached hydrogens (primary N) is 1. The monoisotopic (exact) mass is 356 g/mol. The Morgan fingerprint density at radius 1 is 1.19 bits per heavy atom. The average Bonchev–Trinajstić information content (AvgIpc) is 2.59. The Morgan fingerprint density at radius 2 is 1.92 bits per heavy atom. The van der Waals surface area contributed by atoms with Gasteiger partial charge in [0.2, 0.25) is 5.75 Å². The molecule has 0 aliphatic carbocycles. The largest absolute Gasteiger partial charge is 0.488 e. The van der Waals surface area contributed by atoms with Crippen molar-refractivity contribution in [3.63, 3.8) is 0 Å². The van der Waals surface area contributed by atoms with E-state index in [1.54, 1.807) is 19.2 Å². The summed E-state index contributed by atoms with van der Waals surface area (Å²) in [5.74, 6) is 0.666. The van der Waals surface area contributed by atoms with Gasteiger partial charge in [-0.25, -0.2) is 0 Å². The summed E-state index contributed by atoms with van der Waals surface area (Å²) in [6.07, 6.45) is 6.26. The minimum atomic E-state index is -0.246. The normalized spacial score (nSPS) is 11.5. The van der Waals surface area contributed by atoms with Crippen molar-refractivity contribution in [2.24, 2.45) is 7.05 Å². The molecule has 0 atom stereocenters. The zero-order chi connectivity index (χ0) is 19.3. The van der Waals surface area contributed by atoms with Crippen LogP contribution in [0, 0.1) is 0 Å². The molecule has 0 unspecified atom stereocenters. The standard InChI is InChI=1S/C21H28N2O3/c1-14(2)7-6-8-15(3)11-12-26-19-17-10-9-16(22)13-18(17)23(4)21(24)20(19)25-5/h7,9-11,13H,6,8,12,22H2,1-5H3. The smallest absolute Gasteiger partial charge is 0.297 e. The fourth-order valence-electron chi connectivity index (χ4n) is 2.78. The van der Waals surface area contributed by atoms with Crippen molar-refractivity contribution in [2.75, 3.05) is 19.5 Å². The summed E-state index contributed by atoms with van der Waals surface area (Å²) in [4.78, 5) is 12.5. The van der Waals surface area contributed by atoms with Gasteiger partial charge in [-0.2, -0.15) is 0 Å². The van der Waals surface area contributed by atoms with Crippen LogP contribution >= 0.6 is 0 Å². The maximum Gasteiger partial charge on any atom is 0.297 e. The molecule has 0 bridgehead atoms. The number of methoxy groups -OCH3 is 1. The molecule has 2 N–H and O–H groups in total. The van der Waals surface area contributed by atoms with Crippen LogP contribution in [0.25, 0.3) is 10.9 Å². The van der Waals surface area contributed by atoms with Crippen LogP contribution in [0.2, 0.25) is 0 Å². The van der Waals surface area contributed by atoms with Crippen LogP contribution in [0.4, 0.5) is 5.69 Å². The second-order valence-corrected chi connectivity index (χ2v) is 6.68. The number of hydrogen-bond donors (Lipinski definition) is 1. The topological polar surface area (TPSA) is 66.5 Å². The van der Waals surface area contributed by atoms with Crippen LogP contribution < -0.4 is 20.8 Å². The van der Waals surface area contributed by atoms with Gasteiger partial charge in [-0.1, -0.05) is 17.2 Å². The minimum Gasteiger partial charge on any atom is -0.488 e. The predicted octanol–water partition coefficient (Wildman–Crippen LogP) is 4.20. The van der Waals surface area contributed by atoms with Gasteiger partial charge in [0.05, 0.1) is 12.6 Å². The summed E-state index contributed by atoms with van der Waals surface area (Å²) < 4.78 is 12.8. The fraction of sp³-hybridized carbons (Fsp3) is 0.381. The summed E-state index contributed by atoms with van der Waals surface area (Å²) in [5, 5.41) is 0.800. The van der Waals surface area contributed by atoms with Gasteiger partial charge in [0.25, 0.3) is 5.56 Å². The van der Waals surface area contributed by atoms with Crippen molar-refractivity contribution < 1.29 is 9.47 Å². The third kappa shape index (κ3) is 4.48. The number of nitrogens with zero attached hydrogens (tertiary/aromatic N) is 1. The molecule has 5 nitrogen and oxygen atoms in total. The zero-order valence-corrected chi connectivity index (χ0v) is 16.3. The van der Waals surface area contributed by atoms with Gasteiger partial charge in [0.1, 0.15) is 6.61 Å². The molecule has 1 heterocycles. The van der Waals surface area contributed by atoms with Crippen molar-refractivity contribution in [1.29, 1.82) is 0 Å². The van der Waals surface area contributed by atoms with E-state index < -0.39 is 0 Å². The summed E-state index contributed by atoms with van der Waals surface area (Å²) >= 11 is 0. The minimum absolute atomic E-state index is 0.209. The summed E-state index contributed by atoms with van der Waals surface area (Å²) in [6.45, 7) is 6.66. The first-order valence-electron chi connectivity index (χ1n) is 8.73. The molecule has 2 aromatic rings. The highest BCUT2D eigenvalue weighted by Gasteiger charge is 2.17. The molecule has 5 heteroatoms. The fourth-order valence-corrected chi connectivity index (χ4v) is 2.78. The van der Waals surface area contributed by atoms with E-state index in [1.165, 1.54) is 22.8 Å². The van der Waals surface area contributed by atoms with E-state index in [-0.39, 0.29) is 11.3 Å². The quantitative estimate of drug-likeness (QED) is 0.596. The van der Waals surface area contributed by atoms with Gasteiger partial charge in [-0.05, 0) is 57.9 Å². The van der Waals surface area contributed by atoms with Crippen LogP contribution in [-0.4, -0.2) is 18.3 Å². The van der Waals surface area contributed by atoms with E-state index >= 15 is 0 Å². The van der Waals surface area contributed by atoms with Gasteiger partial charge >= 0.3 is 0 Å².